The lowest BCUT2D eigenvalue weighted by Crippen LogP contribution is -2.56. The van der Waals surface area contributed by atoms with Crippen molar-refractivity contribution < 1.29 is 40.7 Å². The first kappa shape index (κ1) is 31.9. The van der Waals surface area contributed by atoms with E-state index in [1.165, 1.54) is 50.4 Å². The number of hydrogen-bond donors (Lipinski definition) is 1. The van der Waals surface area contributed by atoms with Gasteiger partial charge < -0.3 is 14.9 Å². The fraction of sp³-hybridized carbons (Fsp3) is 0.517. The summed E-state index contributed by atoms with van der Waals surface area (Å²) >= 11 is 0. The molecule has 42 heavy (non-hydrogen) atoms. The molecule has 0 saturated carbocycles. The second-order valence-corrected chi connectivity index (χ2v) is 13.3. The van der Waals surface area contributed by atoms with Crippen LogP contribution in [0.1, 0.15) is 40.2 Å². The molecule has 2 aliphatic heterocycles. The zero-order valence-corrected chi connectivity index (χ0v) is 24.5. The summed E-state index contributed by atoms with van der Waals surface area (Å²) in [6.07, 6.45) is -3.67. The van der Waals surface area contributed by atoms with Gasteiger partial charge in [-0.2, -0.15) is 13.2 Å². The van der Waals surface area contributed by atoms with Crippen molar-refractivity contribution in [3.05, 3.63) is 65.0 Å². The van der Waals surface area contributed by atoms with E-state index in [1.54, 1.807) is 11.0 Å². The predicted molar refractivity (Wildman–Crippen MR) is 148 cm³/mol. The highest BCUT2D eigenvalue weighted by atomic mass is 32.2. The molecule has 0 aromatic heterocycles. The van der Waals surface area contributed by atoms with Crippen LogP contribution in [0.2, 0.25) is 0 Å². The molecule has 2 aliphatic rings. The monoisotopic (exact) mass is 613 g/mol. The van der Waals surface area contributed by atoms with Crippen LogP contribution < -0.4 is 0 Å². The van der Waals surface area contributed by atoms with E-state index >= 15 is 0 Å². The van der Waals surface area contributed by atoms with Crippen LogP contribution in [-0.2, 0) is 14.8 Å². The van der Waals surface area contributed by atoms with Crippen LogP contribution in [0.25, 0.3) is 0 Å². The van der Waals surface area contributed by atoms with Gasteiger partial charge in [-0.1, -0.05) is 24.3 Å². The van der Waals surface area contributed by atoms with Crippen LogP contribution in [0, 0.1) is 24.6 Å². The maximum atomic E-state index is 14.8. The number of Topliss-reactive ketones (excluding diaryl/α,β-unsaturated/α-hetero) is 1. The van der Waals surface area contributed by atoms with Crippen molar-refractivity contribution in [2.24, 2.45) is 11.8 Å². The molecule has 230 valence electrons. The highest BCUT2D eigenvalue weighted by Gasteiger charge is 2.52. The molecule has 0 aliphatic carbocycles. The van der Waals surface area contributed by atoms with E-state index in [4.69, 9.17) is 0 Å². The molecule has 4 atom stereocenters. The number of likely N-dealkylation sites (N-methyl/N-ethyl adjacent to an activating group) is 1. The third-order valence-electron chi connectivity index (χ3n) is 8.44. The Labute approximate surface area is 243 Å². The topological polar surface area (TPSA) is 98.2 Å². The fourth-order valence-electron chi connectivity index (χ4n) is 6.12. The van der Waals surface area contributed by atoms with Crippen LogP contribution in [-0.4, -0.2) is 97.6 Å². The summed E-state index contributed by atoms with van der Waals surface area (Å²) in [5.41, 5.74) is 0.672. The molecule has 2 aromatic rings. The van der Waals surface area contributed by atoms with Gasteiger partial charge in [0.1, 0.15) is 17.6 Å². The lowest BCUT2D eigenvalue weighted by Gasteiger charge is -2.45. The van der Waals surface area contributed by atoms with Crippen molar-refractivity contribution in [1.29, 1.82) is 0 Å². The van der Waals surface area contributed by atoms with E-state index in [2.05, 4.69) is 0 Å². The quantitative estimate of drug-likeness (QED) is 0.360. The van der Waals surface area contributed by atoms with E-state index in [0.717, 1.165) is 15.5 Å². The van der Waals surface area contributed by atoms with Crippen LogP contribution >= 0.6 is 0 Å². The summed E-state index contributed by atoms with van der Waals surface area (Å²) in [4.78, 5) is 30.7. The lowest BCUT2D eigenvalue weighted by atomic mass is 9.69. The highest BCUT2D eigenvalue weighted by molar-refractivity contribution is 7.88. The predicted octanol–water partition coefficient (Wildman–Crippen LogP) is 3.80. The molecule has 0 bridgehead atoms. The van der Waals surface area contributed by atoms with Gasteiger partial charge in [0, 0.05) is 57.2 Å². The summed E-state index contributed by atoms with van der Waals surface area (Å²) in [6.45, 7) is 1.52. The maximum absolute atomic E-state index is 14.8. The summed E-state index contributed by atoms with van der Waals surface area (Å²) in [5, 5.41) is 10.0. The molecule has 1 amide bonds. The normalized spacial score (nSPS) is 23.9. The molecular formula is C29H35F4N3O5S. The van der Waals surface area contributed by atoms with Crippen molar-refractivity contribution >= 4 is 21.7 Å². The first-order valence-electron chi connectivity index (χ1n) is 13.7. The third kappa shape index (κ3) is 6.78. The van der Waals surface area contributed by atoms with Gasteiger partial charge in [-0.25, -0.2) is 17.1 Å². The molecule has 0 spiro atoms. The largest absolute Gasteiger partial charge is 0.508 e. The second-order valence-electron chi connectivity index (χ2n) is 11.2. The maximum Gasteiger partial charge on any atom is 0.408 e. The number of alkyl halides is 3. The smallest absolute Gasteiger partial charge is 0.408 e. The number of likely N-dealkylation sites (tertiary alicyclic amines) is 2. The number of benzene rings is 2. The zero-order chi connectivity index (χ0) is 31.0. The number of rotatable bonds is 8. The van der Waals surface area contributed by atoms with Crippen molar-refractivity contribution in [3.63, 3.8) is 0 Å². The van der Waals surface area contributed by atoms with Crippen LogP contribution in [0.4, 0.5) is 17.6 Å². The fourth-order valence-corrected chi connectivity index (χ4v) is 6.54. The Kier molecular flexibility index (Phi) is 9.34. The van der Waals surface area contributed by atoms with Crippen LogP contribution in [0.5, 0.6) is 5.75 Å². The Morgan fingerprint density at radius 1 is 1.10 bits per heavy atom. The van der Waals surface area contributed by atoms with Crippen molar-refractivity contribution in [3.8, 4) is 5.75 Å². The highest BCUT2D eigenvalue weighted by Crippen LogP contribution is 2.44. The molecule has 2 aromatic carbocycles. The number of hydrogen-bond acceptors (Lipinski definition) is 6. The van der Waals surface area contributed by atoms with Crippen LogP contribution in [0.3, 0.4) is 0 Å². The number of halogens is 4. The molecule has 2 saturated heterocycles. The minimum atomic E-state index is -4.64. The number of aromatic hydroxyl groups is 1. The second kappa shape index (κ2) is 12.3. The van der Waals surface area contributed by atoms with Crippen molar-refractivity contribution in [1.82, 2.24) is 14.1 Å². The average molecular weight is 614 g/mol. The summed E-state index contributed by atoms with van der Waals surface area (Å²) < 4.78 is 81.8. The first-order valence-corrected chi connectivity index (χ1v) is 15.5. The first-order chi connectivity index (χ1) is 19.6. The van der Waals surface area contributed by atoms with Crippen molar-refractivity contribution in [2.75, 3.05) is 46.0 Å². The summed E-state index contributed by atoms with van der Waals surface area (Å²) in [6, 6.07) is 7.92. The van der Waals surface area contributed by atoms with Gasteiger partial charge in [-0.15, -0.1) is 0 Å². The number of phenolic OH excluding ortho intramolecular Hbond substituents is 1. The Balaban J connectivity index is 1.82. The number of ketones is 1. The van der Waals surface area contributed by atoms with Gasteiger partial charge in [0.15, 0.2) is 5.78 Å². The van der Waals surface area contributed by atoms with E-state index in [9.17, 15) is 40.7 Å². The summed E-state index contributed by atoms with van der Waals surface area (Å²) in [5.74, 6) is -5.12. The third-order valence-corrected chi connectivity index (χ3v) is 9.76. The van der Waals surface area contributed by atoms with Crippen molar-refractivity contribution in [2.45, 2.75) is 37.9 Å². The van der Waals surface area contributed by atoms with Gasteiger partial charge >= 0.3 is 6.18 Å². The number of carbonyl (C=O) groups is 2. The minimum absolute atomic E-state index is 0.0192. The Bertz CT molecular complexity index is 1430. The summed E-state index contributed by atoms with van der Waals surface area (Å²) in [7, 11) is -2.16. The van der Waals surface area contributed by atoms with Gasteiger partial charge in [0.2, 0.25) is 15.9 Å². The standard InChI is InChI=1S/C29H35F4N3O5S/c1-18-21(9-5-10-24(18)30)26-22(27(38)19-7-4-8-20(37)15-19)16-35(14-13-34(2)42(3,40)41)17-23(26)28(39)36-12-6-11-25(36)29(31,32)33/h4-5,7-10,15,22-23,25-26,37H,6,11-14,16-17H2,1-3H3/t22-,23-,25-,26-/m0/s1. The number of carbonyl (C=O) groups excluding carboxylic acids is 2. The number of piperidine rings is 1. The molecule has 0 unspecified atom stereocenters. The molecule has 0 radical (unpaired) electrons. The number of amides is 1. The molecule has 8 nitrogen and oxygen atoms in total. The molecule has 2 heterocycles. The minimum Gasteiger partial charge on any atom is -0.508 e. The number of phenols is 1. The molecule has 4 rings (SSSR count). The molecule has 1 N–H and O–H groups in total. The van der Waals surface area contributed by atoms with E-state index in [1.807, 2.05) is 0 Å². The molecule has 13 heteroatoms. The Morgan fingerprint density at radius 3 is 2.40 bits per heavy atom. The Hall–Kier alpha value is -3.03. The molecular weight excluding hydrogens is 578 g/mol. The average Bonchev–Trinajstić information content (AvgIpc) is 3.42. The van der Waals surface area contributed by atoms with Gasteiger partial charge in [-0.3, -0.25) is 9.59 Å². The van der Waals surface area contributed by atoms with E-state index in [-0.39, 0.29) is 62.4 Å². The Morgan fingerprint density at radius 2 is 1.76 bits per heavy atom. The lowest BCUT2D eigenvalue weighted by molar-refractivity contribution is -0.185. The van der Waals surface area contributed by atoms with E-state index in [0.29, 0.717) is 5.56 Å². The van der Waals surface area contributed by atoms with Gasteiger partial charge in [0.25, 0.3) is 0 Å². The number of nitrogens with zero attached hydrogens (tertiary/aromatic N) is 3. The van der Waals surface area contributed by atoms with Crippen LogP contribution in [0.15, 0.2) is 42.5 Å². The van der Waals surface area contributed by atoms with E-state index < -0.39 is 57.5 Å². The SMILES string of the molecule is Cc1c(F)cccc1[C@H]1[C@@H](C(=O)c2cccc(O)c2)CN(CCN(C)S(C)(=O)=O)C[C@@H]1C(=O)N1CCC[C@H]1C(F)(F)F. The van der Waals surface area contributed by atoms with Gasteiger partial charge in [0.05, 0.1) is 12.2 Å². The van der Waals surface area contributed by atoms with Gasteiger partial charge in [-0.05, 0) is 49.1 Å². The zero-order valence-electron chi connectivity index (χ0n) is 23.6. The number of sulfonamides is 1. The molecule has 2 fully saturated rings.